The average molecular weight is 456 g/mol. The van der Waals surface area contributed by atoms with Crippen molar-refractivity contribution >= 4 is 55.7 Å². The maximum Gasteiger partial charge on any atom is 0.270 e. The van der Waals surface area contributed by atoms with Crippen LogP contribution in [-0.4, -0.2) is 23.3 Å². The number of nitrogens with one attached hydrogen (secondary N) is 2. The van der Waals surface area contributed by atoms with Crippen molar-refractivity contribution < 1.29 is 13.3 Å². The SMILES string of the molecule is O=[N+]([O-])c1cccc(S(=O)(=O)Nc2nc3ccccc3nc2Nc2ccc(Cl)cc2)c1. The van der Waals surface area contributed by atoms with Crippen LogP contribution in [0.3, 0.4) is 0 Å². The number of aromatic nitrogens is 2. The van der Waals surface area contributed by atoms with Crippen LogP contribution in [0.25, 0.3) is 11.0 Å². The third kappa shape index (κ3) is 4.55. The number of benzene rings is 3. The molecule has 31 heavy (non-hydrogen) atoms. The van der Waals surface area contributed by atoms with E-state index in [9.17, 15) is 18.5 Å². The van der Waals surface area contributed by atoms with Crippen molar-refractivity contribution in [3.8, 4) is 0 Å². The normalized spacial score (nSPS) is 11.3. The fraction of sp³-hybridized carbons (Fsp3) is 0. The summed E-state index contributed by atoms with van der Waals surface area (Å²) in [6, 6.07) is 18.5. The minimum Gasteiger partial charge on any atom is -0.337 e. The van der Waals surface area contributed by atoms with Crippen LogP contribution in [0.4, 0.5) is 23.0 Å². The average Bonchev–Trinajstić information content (AvgIpc) is 2.75. The van der Waals surface area contributed by atoms with Crippen LogP contribution in [0, 0.1) is 10.1 Å². The van der Waals surface area contributed by atoms with Gasteiger partial charge in [0, 0.05) is 22.8 Å². The number of hydrogen-bond donors (Lipinski definition) is 2. The molecule has 0 spiro atoms. The summed E-state index contributed by atoms with van der Waals surface area (Å²) in [6.07, 6.45) is 0. The topological polar surface area (TPSA) is 127 Å². The van der Waals surface area contributed by atoms with Crippen LogP contribution < -0.4 is 10.0 Å². The standard InChI is InChI=1S/C20H14ClN5O4S/c21-13-8-10-14(11-9-13)22-19-20(24-18-7-2-1-6-17(18)23-19)25-31(29,30)16-5-3-4-15(12-16)26(27)28/h1-12H,(H,22,23)(H,24,25). The highest BCUT2D eigenvalue weighted by Crippen LogP contribution is 2.28. The lowest BCUT2D eigenvalue weighted by molar-refractivity contribution is -0.385. The van der Waals surface area contributed by atoms with Gasteiger partial charge in [0.15, 0.2) is 11.6 Å². The van der Waals surface area contributed by atoms with Crippen LogP contribution in [0.5, 0.6) is 0 Å². The summed E-state index contributed by atoms with van der Waals surface area (Å²) < 4.78 is 28.2. The summed E-state index contributed by atoms with van der Waals surface area (Å²) in [5.74, 6) is 0.107. The van der Waals surface area contributed by atoms with Crippen molar-refractivity contribution in [1.29, 1.82) is 0 Å². The number of non-ortho nitro benzene ring substituents is 1. The van der Waals surface area contributed by atoms with Crippen LogP contribution in [0.2, 0.25) is 5.02 Å². The van der Waals surface area contributed by atoms with E-state index in [1.807, 2.05) is 0 Å². The van der Waals surface area contributed by atoms with E-state index in [1.54, 1.807) is 48.5 Å². The Morgan fingerprint density at radius 2 is 1.52 bits per heavy atom. The summed E-state index contributed by atoms with van der Waals surface area (Å²) in [4.78, 5) is 18.9. The lowest BCUT2D eigenvalue weighted by Crippen LogP contribution is -2.16. The van der Waals surface area contributed by atoms with Crippen molar-refractivity contribution in [2.45, 2.75) is 4.90 Å². The number of sulfonamides is 1. The summed E-state index contributed by atoms with van der Waals surface area (Å²) in [5.41, 5.74) is 1.30. The molecule has 4 aromatic rings. The molecule has 1 heterocycles. The molecular weight excluding hydrogens is 442 g/mol. The lowest BCUT2D eigenvalue weighted by atomic mass is 10.3. The van der Waals surface area contributed by atoms with Gasteiger partial charge >= 0.3 is 0 Å². The molecule has 3 aromatic carbocycles. The van der Waals surface area contributed by atoms with E-state index < -0.39 is 14.9 Å². The molecule has 0 saturated carbocycles. The molecule has 0 aliphatic rings. The van der Waals surface area contributed by atoms with E-state index in [0.29, 0.717) is 21.7 Å². The number of nitro groups is 1. The highest BCUT2D eigenvalue weighted by atomic mass is 35.5. The summed E-state index contributed by atoms with van der Waals surface area (Å²) in [6.45, 7) is 0. The minimum atomic E-state index is -4.18. The van der Waals surface area contributed by atoms with Gasteiger partial charge in [0.25, 0.3) is 15.7 Å². The number of nitrogens with zero attached hydrogens (tertiary/aromatic N) is 3. The van der Waals surface area contributed by atoms with Gasteiger partial charge in [0.1, 0.15) is 0 Å². The number of nitro benzene ring substituents is 1. The van der Waals surface area contributed by atoms with Gasteiger partial charge in [0.05, 0.1) is 20.9 Å². The second-order valence-electron chi connectivity index (χ2n) is 6.40. The van der Waals surface area contributed by atoms with Crippen LogP contribution in [0.1, 0.15) is 0 Å². The van der Waals surface area contributed by atoms with Gasteiger partial charge in [-0.1, -0.05) is 29.8 Å². The number of rotatable bonds is 6. The second kappa shape index (κ2) is 8.17. The number of para-hydroxylation sites is 2. The monoisotopic (exact) mass is 455 g/mol. The highest BCUT2D eigenvalue weighted by molar-refractivity contribution is 7.92. The molecular formula is C20H14ClN5O4S. The molecule has 0 bridgehead atoms. The third-order valence-electron chi connectivity index (χ3n) is 4.25. The predicted molar refractivity (Wildman–Crippen MR) is 118 cm³/mol. The molecule has 0 aliphatic carbocycles. The largest absolute Gasteiger partial charge is 0.337 e. The summed E-state index contributed by atoms with van der Waals surface area (Å²) in [7, 11) is -4.18. The number of anilines is 3. The van der Waals surface area contributed by atoms with Gasteiger partial charge in [0.2, 0.25) is 0 Å². The number of hydrogen-bond acceptors (Lipinski definition) is 7. The van der Waals surface area contributed by atoms with Crippen molar-refractivity contribution in [2.24, 2.45) is 0 Å². The molecule has 0 unspecified atom stereocenters. The predicted octanol–water partition coefficient (Wildman–Crippen LogP) is 4.74. The van der Waals surface area contributed by atoms with E-state index in [4.69, 9.17) is 11.6 Å². The minimum absolute atomic E-state index is 0.0554. The van der Waals surface area contributed by atoms with Crippen molar-refractivity contribution in [3.63, 3.8) is 0 Å². The van der Waals surface area contributed by atoms with E-state index in [2.05, 4.69) is 20.0 Å². The molecule has 9 nitrogen and oxygen atoms in total. The Hall–Kier alpha value is -3.76. The van der Waals surface area contributed by atoms with Gasteiger partial charge < -0.3 is 5.32 Å². The summed E-state index contributed by atoms with van der Waals surface area (Å²) in [5, 5.41) is 14.6. The van der Waals surface area contributed by atoms with Gasteiger partial charge in [-0.3, -0.25) is 14.8 Å². The molecule has 0 fully saturated rings. The molecule has 0 amide bonds. The smallest absolute Gasteiger partial charge is 0.270 e. The molecule has 2 N–H and O–H groups in total. The first-order valence-corrected chi connectivity index (χ1v) is 10.7. The first-order chi connectivity index (χ1) is 14.8. The molecule has 0 aliphatic heterocycles. The zero-order valence-corrected chi connectivity index (χ0v) is 17.3. The van der Waals surface area contributed by atoms with Gasteiger partial charge in [-0.05, 0) is 42.5 Å². The summed E-state index contributed by atoms with van der Waals surface area (Å²) >= 11 is 5.92. The Morgan fingerprint density at radius 3 is 2.16 bits per heavy atom. The second-order valence-corrected chi connectivity index (χ2v) is 8.52. The lowest BCUT2D eigenvalue weighted by Gasteiger charge is -2.14. The zero-order chi connectivity index (χ0) is 22.0. The van der Waals surface area contributed by atoms with Gasteiger partial charge in [-0.2, -0.15) is 0 Å². The maximum atomic E-state index is 12.9. The fourth-order valence-electron chi connectivity index (χ4n) is 2.78. The number of fused-ring (bicyclic) bond motifs is 1. The zero-order valence-electron chi connectivity index (χ0n) is 15.7. The molecule has 4 rings (SSSR count). The van der Waals surface area contributed by atoms with Gasteiger partial charge in [-0.15, -0.1) is 0 Å². The van der Waals surface area contributed by atoms with E-state index in [-0.39, 0.29) is 22.2 Å². The molecule has 0 atom stereocenters. The van der Waals surface area contributed by atoms with E-state index in [1.165, 1.54) is 18.2 Å². The molecule has 0 saturated heterocycles. The molecule has 11 heteroatoms. The van der Waals surface area contributed by atoms with Crippen molar-refractivity contribution in [2.75, 3.05) is 10.0 Å². The van der Waals surface area contributed by atoms with E-state index in [0.717, 1.165) is 6.07 Å². The quantitative estimate of drug-likeness (QED) is 0.317. The van der Waals surface area contributed by atoms with Crippen molar-refractivity contribution in [1.82, 2.24) is 9.97 Å². The number of halogens is 1. The fourth-order valence-corrected chi connectivity index (χ4v) is 3.95. The molecule has 156 valence electrons. The van der Waals surface area contributed by atoms with E-state index >= 15 is 0 Å². The van der Waals surface area contributed by atoms with Crippen LogP contribution >= 0.6 is 11.6 Å². The first-order valence-electron chi connectivity index (χ1n) is 8.88. The van der Waals surface area contributed by atoms with Crippen LogP contribution in [0.15, 0.2) is 77.7 Å². The Kier molecular flexibility index (Phi) is 5.40. The van der Waals surface area contributed by atoms with Crippen molar-refractivity contribution in [3.05, 3.63) is 87.9 Å². The Balaban J connectivity index is 1.77. The third-order valence-corrected chi connectivity index (χ3v) is 5.84. The Labute approximate surface area is 181 Å². The molecule has 0 radical (unpaired) electrons. The van der Waals surface area contributed by atoms with Crippen LogP contribution in [-0.2, 0) is 10.0 Å². The highest BCUT2D eigenvalue weighted by Gasteiger charge is 2.21. The molecule has 1 aromatic heterocycles. The Morgan fingerprint density at radius 1 is 0.871 bits per heavy atom. The first kappa shape index (κ1) is 20.5. The Bertz CT molecular complexity index is 1390. The maximum absolute atomic E-state index is 12.9. The van der Waals surface area contributed by atoms with Gasteiger partial charge in [-0.25, -0.2) is 18.4 Å².